The lowest BCUT2D eigenvalue weighted by Crippen LogP contribution is -2.39. The Kier molecular flexibility index (Phi) is 5.13. The van der Waals surface area contributed by atoms with Gasteiger partial charge in [-0.05, 0) is 58.4 Å². The van der Waals surface area contributed by atoms with Crippen LogP contribution in [0.1, 0.15) is 64.1 Å². The number of rotatable bonds is 5. The Morgan fingerprint density at radius 1 is 1.25 bits per heavy atom. The Hall–Kier alpha value is -2.01. The fourth-order valence-corrected chi connectivity index (χ4v) is 4.00. The second-order valence-electron chi connectivity index (χ2n) is 9.04. The molecule has 0 bridgehead atoms. The van der Waals surface area contributed by atoms with Crippen LogP contribution in [0.5, 0.6) is 0 Å². The third-order valence-corrected chi connectivity index (χ3v) is 5.74. The lowest BCUT2D eigenvalue weighted by Gasteiger charge is -2.35. The fraction of sp³-hybridized carbons (Fsp3) is 0.545. The summed E-state index contributed by atoms with van der Waals surface area (Å²) < 4.78 is 7.42. The largest absolute Gasteiger partial charge is 0.444 e. The van der Waals surface area contributed by atoms with Crippen molar-refractivity contribution in [3.63, 3.8) is 0 Å². The van der Waals surface area contributed by atoms with Gasteiger partial charge in [0.15, 0.2) is 0 Å². The van der Waals surface area contributed by atoms with E-state index in [0.717, 1.165) is 23.4 Å². The molecule has 2 aliphatic carbocycles. The van der Waals surface area contributed by atoms with Gasteiger partial charge in [-0.3, -0.25) is 4.68 Å². The summed E-state index contributed by atoms with van der Waals surface area (Å²) >= 11 is 6.44. The van der Waals surface area contributed by atoms with Crippen LogP contribution in [0.4, 0.5) is 4.79 Å². The molecule has 0 aliphatic heterocycles. The molecule has 4 rings (SSSR count). The quantitative estimate of drug-likeness (QED) is 0.713. The van der Waals surface area contributed by atoms with E-state index < -0.39 is 5.60 Å². The molecule has 5 nitrogen and oxygen atoms in total. The minimum absolute atomic E-state index is 0.341. The molecule has 2 fully saturated rings. The first-order chi connectivity index (χ1) is 13.3. The highest BCUT2D eigenvalue weighted by Gasteiger charge is 2.35. The Morgan fingerprint density at radius 3 is 2.61 bits per heavy atom. The van der Waals surface area contributed by atoms with Gasteiger partial charge < -0.3 is 10.1 Å². The number of aromatic nitrogens is 2. The van der Waals surface area contributed by atoms with Crippen molar-refractivity contribution in [2.45, 2.75) is 64.0 Å². The molecule has 1 N–H and O–H groups in total. The number of halogens is 1. The number of carbonyl (C=O) groups excluding carboxylic acids is 1. The highest BCUT2D eigenvalue weighted by molar-refractivity contribution is 6.33. The third-order valence-electron chi connectivity index (χ3n) is 5.41. The number of hydrogen-bond donors (Lipinski definition) is 1. The summed E-state index contributed by atoms with van der Waals surface area (Å²) in [6.45, 7) is 6.27. The zero-order chi connectivity index (χ0) is 19.9. The average molecular weight is 402 g/mol. The summed E-state index contributed by atoms with van der Waals surface area (Å²) in [5.41, 5.74) is 2.96. The lowest BCUT2D eigenvalue weighted by molar-refractivity contribution is 0.0498. The molecule has 2 aromatic rings. The minimum atomic E-state index is -0.463. The van der Waals surface area contributed by atoms with Gasteiger partial charge in [0, 0.05) is 34.8 Å². The van der Waals surface area contributed by atoms with E-state index in [0.29, 0.717) is 24.4 Å². The number of carbonyl (C=O) groups is 1. The molecular weight excluding hydrogens is 374 g/mol. The topological polar surface area (TPSA) is 56.1 Å². The van der Waals surface area contributed by atoms with E-state index in [-0.39, 0.29) is 6.09 Å². The second kappa shape index (κ2) is 7.43. The van der Waals surface area contributed by atoms with Crippen molar-refractivity contribution >= 4 is 17.7 Å². The number of alkyl carbamates (subject to hydrolysis) is 1. The van der Waals surface area contributed by atoms with Crippen molar-refractivity contribution < 1.29 is 9.53 Å². The summed E-state index contributed by atoms with van der Waals surface area (Å²) in [6.07, 6.45) is 6.28. The molecule has 0 radical (unpaired) electrons. The molecule has 6 heteroatoms. The standard InChI is InChI=1S/C22H28ClN3O2/c1-22(2,3)28-21(27)24-12-14-10-16(11-14)26-13-18(20(25-26)15-8-9-15)17-6-4-5-7-19(17)23/h4-7,13-16H,8-12H2,1-3H3,(H,24,27). The van der Waals surface area contributed by atoms with Crippen molar-refractivity contribution in [1.29, 1.82) is 0 Å². The first-order valence-corrected chi connectivity index (χ1v) is 10.5. The highest BCUT2D eigenvalue weighted by atomic mass is 35.5. The summed E-state index contributed by atoms with van der Waals surface area (Å²) in [4.78, 5) is 11.8. The smallest absolute Gasteiger partial charge is 0.407 e. The summed E-state index contributed by atoms with van der Waals surface area (Å²) in [6, 6.07) is 8.38. The number of nitrogens with one attached hydrogen (secondary N) is 1. The zero-order valence-electron chi connectivity index (χ0n) is 16.7. The van der Waals surface area contributed by atoms with Crippen molar-refractivity contribution in [3.05, 3.63) is 41.2 Å². The van der Waals surface area contributed by atoms with E-state index in [9.17, 15) is 4.79 Å². The number of nitrogens with zero attached hydrogens (tertiary/aromatic N) is 2. The molecule has 2 aliphatic rings. The molecule has 1 heterocycles. The van der Waals surface area contributed by atoms with Crippen molar-refractivity contribution in [2.24, 2.45) is 5.92 Å². The molecular formula is C22H28ClN3O2. The molecule has 1 amide bonds. The number of hydrogen-bond acceptors (Lipinski definition) is 3. The Bertz CT molecular complexity index is 861. The number of amides is 1. The molecule has 0 spiro atoms. The maximum atomic E-state index is 11.8. The predicted molar refractivity (Wildman–Crippen MR) is 111 cm³/mol. The molecule has 0 atom stereocenters. The zero-order valence-corrected chi connectivity index (χ0v) is 17.5. The van der Waals surface area contributed by atoms with Crippen LogP contribution in [0.2, 0.25) is 5.02 Å². The van der Waals surface area contributed by atoms with Crippen molar-refractivity contribution in [1.82, 2.24) is 15.1 Å². The van der Waals surface area contributed by atoms with E-state index in [1.54, 1.807) is 0 Å². The normalized spacial score (nSPS) is 21.9. The monoisotopic (exact) mass is 401 g/mol. The predicted octanol–water partition coefficient (Wildman–Crippen LogP) is 5.56. The van der Waals surface area contributed by atoms with Crippen LogP contribution in [-0.2, 0) is 4.74 Å². The van der Waals surface area contributed by atoms with E-state index in [1.165, 1.54) is 24.1 Å². The van der Waals surface area contributed by atoms with E-state index in [1.807, 2.05) is 39.0 Å². The number of benzene rings is 1. The van der Waals surface area contributed by atoms with Crippen LogP contribution in [-0.4, -0.2) is 28.0 Å². The summed E-state index contributed by atoms with van der Waals surface area (Å²) in [5.74, 6) is 1.03. The van der Waals surface area contributed by atoms with Gasteiger partial charge in [-0.1, -0.05) is 29.8 Å². The minimum Gasteiger partial charge on any atom is -0.444 e. The van der Waals surface area contributed by atoms with Gasteiger partial charge in [-0.2, -0.15) is 5.10 Å². The van der Waals surface area contributed by atoms with Gasteiger partial charge in [0.1, 0.15) is 5.60 Å². The molecule has 0 saturated heterocycles. The fourth-order valence-electron chi connectivity index (χ4n) is 3.76. The molecule has 1 aromatic carbocycles. The van der Waals surface area contributed by atoms with Gasteiger partial charge in [0.2, 0.25) is 0 Å². The summed E-state index contributed by atoms with van der Waals surface area (Å²) in [5, 5.41) is 8.59. The second-order valence-corrected chi connectivity index (χ2v) is 9.44. The third kappa shape index (κ3) is 4.35. The average Bonchev–Trinajstić information content (AvgIpc) is 3.32. The van der Waals surface area contributed by atoms with E-state index in [4.69, 9.17) is 21.4 Å². The van der Waals surface area contributed by atoms with Crippen molar-refractivity contribution in [3.8, 4) is 11.1 Å². The highest BCUT2D eigenvalue weighted by Crippen LogP contribution is 2.46. The maximum Gasteiger partial charge on any atom is 0.407 e. The first kappa shape index (κ1) is 19.3. The SMILES string of the molecule is CC(C)(C)OC(=O)NCC1CC(n2cc(-c3ccccc3Cl)c(C3CC3)n2)C1. The van der Waals surface area contributed by atoms with Gasteiger partial charge in [-0.25, -0.2) is 4.79 Å². The van der Waals surface area contributed by atoms with Gasteiger partial charge in [-0.15, -0.1) is 0 Å². The molecule has 28 heavy (non-hydrogen) atoms. The van der Waals surface area contributed by atoms with E-state index >= 15 is 0 Å². The van der Waals surface area contributed by atoms with Crippen LogP contribution in [0.3, 0.4) is 0 Å². The van der Waals surface area contributed by atoms with Gasteiger partial charge in [0.05, 0.1) is 11.7 Å². The van der Waals surface area contributed by atoms with Crippen LogP contribution >= 0.6 is 11.6 Å². The van der Waals surface area contributed by atoms with Crippen molar-refractivity contribution in [2.75, 3.05) is 6.54 Å². The van der Waals surface area contributed by atoms with Crippen LogP contribution < -0.4 is 5.32 Å². The van der Waals surface area contributed by atoms with Crippen LogP contribution in [0.15, 0.2) is 30.5 Å². The Labute approximate surface area is 171 Å². The van der Waals surface area contributed by atoms with Crippen LogP contribution in [0, 0.1) is 5.92 Å². The maximum absolute atomic E-state index is 11.8. The van der Waals surface area contributed by atoms with Gasteiger partial charge >= 0.3 is 6.09 Å². The first-order valence-electron chi connectivity index (χ1n) is 10.1. The van der Waals surface area contributed by atoms with Gasteiger partial charge in [0.25, 0.3) is 0 Å². The molecule has 150 valence electrons. The Morgan fingerprint density at radius 2 is 1.96 bits per heavy atom. The molecule has 2 saturated carbocycles. The molecule has 0 unspecified atom stereocenters. The lowest BCUT2D eigenvalue weighted by atomic mass is 9.80. The van der Waals surface area contributed by atoms with Crippen LogP contribution in [0.25, 0.3) is 11.1 Å². The summed E-state index contributed by atoms with van der Waals surface area (Å²) in [7, 11) is 0. The van der Waals surface area contributed by atoms with E-state index in [2.05, 4.69) is 22.3 Å². The Balaban J connectivity index is 1.38. The number of ether oxygens (including phenoxy) is 1. The molecule has 1 aromatic heterocycles.